The first kappa shape index (κ1) is 18.9. The minimum absolute atomic E-state index is 0. The van der Waals surface area contributed by atoms with E-state index in [-0.39, 0.29) is 18.2 Å². The average Bonchev–Trinajstić information content (AvgIpc) is 2.44. The minimum Gasteiger partial charge on any atom is -0.491 e. The molecule has 0 radical (unpaired) electrons. The van der Waals surface area contributed by atoms with Crippen LogP contribution in [-0.2, 0) is 0 Å². The monoisotopic (exact) mass is 299 g/mol. The number of hydrogen-bond acceptors (Lipinski definition) is 3. The molecule has 0 saturated heterocycles. The highest BCUT2D eigenvalue weighted by molar-refractivity contribution is 5.98. The van der Waals surface area contributed by atoms with E-state index in [0.29, 0.717) is 18.6 Å². The normalized spacial score (nSPS) is 10.2. The quantitative estimate of drug-likeness (QED) is 0.685. The molecule has 0 spiro atoms. The highest BCUT2D eigenvalue weighted by atomic mass is 35.5. The van der Waals surface area contributed by atoms with Gasteiger partial charge in [-0.3, -0.25) is 4.79 Å². The average molecular weight is 300 g/mol. The summed E-state index contributed by atoms with van der Waals surface area (Å²) in [5.74, 6) is 0.892. The van der Waals surface area contributed by atoms with Crippen LogP contribution < -0.4 is 4.74 Å². The molecule has 0 heterocycles. The van der Waals surface area contributed by atoms with Crippen LogP contribution in [-0.4, -0.2) is 36.9 Å². The van der Waals surface area contributed by atoms with Crippen LogP contribution in [0, 0.1) is 6.92 Å². The van der Waals surface area contributed by atoms with E-state index in [1.165, 1.54) is 0 Å². The smallest absolute Gasteiger partial charge is 0.166 e. The second kappa shape index (κ2) is 9.78. The molecule has 0 N–H and O–H groups in total. The Morgan fingerprint density at radius 3 is 2.40 bits per heavy atom. The first-order valence-corrected chi connectivity index (χ1v) is 7.11. The Morgan fingerprint density at radius 2 is 1.85 bits per heavy atom. The zero-order valence-electron chi connectivity index (χ0n) is 12.9. The Bertz CT molecular complexity index is 417. The van der Waals surface area contributed by atoms with E-state index in [0.717, 1.165) is 30.9 Å². The van der Waals surface area contributed by atoms with Gasteiger partial charge < -0.3 is 9.64 Å². The molecule has 4 heteroatoms. The molecule has 0 aliphatic carbocycles. The topological polar surface area (TPSA) is 29.5 Å². The molecule has 0 fully saturated rings. The van der Waals surface area contributed by atoms with Crippen molar-refractivity contribution in [3.8, 4) is 5.75 Å². The van der Waals surface area contributed by atoms with Gasteiger partial charge in [-0.15, -0.1) is 12.4 Å². The molecular formula is C16H26ClNO2. The lowest BCUT2D eigenvalue weighted by Gasteiger charge is -2.19. The van der Waals surface area contributed by atoms with E-state index in [1.807, 2.05) is 32.0 Å². The lowest BCUT2D eigenvalue weighted by Crippen LogP contribution is -2.28. The highest BCUT2D eigenvalue weighted by Crippen LogP contribution is 2.24. The van der Waals surface area contributed by atoms with Gasteiger partial charge in [-0.25, -0.2) is 0 Å². The predicted octanol–water partition coefficient (Wildman–Crippen LogP) is 3.73. The van der Waals surface area contributed by atoms with Crippen LogP contribution in [0.2, 0.25) is 0 Å². The van der Waals surface area contributed by atoms with Crippen molar-refractivity contribution in [2.45, 2.75) is 34.1 Å². The van der Waals surface area contributed by atoms with Crippen LogP contribution in [0.4, 0.5) is 0 Å². The van der Waals surface area contributed by atoms with Crippen molar-refractivity contribution >= 4 is 18.2 Å². The summed E-state index contributed by atoms with van der Waals surface area (Å²) in [6.45, 7) is 11.7. The van der Waals surface area contributed by atoms with Crippen molar-refractivity contribution in [3.63, 3.8) is 0 Å². The molecular weight excluding hydrogens is 274 g/mol. The molecule has 3 nitrogen and oxygen atoms in total. The first-order chi connectivity index (χ1) is 9.13. The van der Waals surface area contributed by atoms with Crippen LogP contribution in [0.3, 0.4) is 0 Å². The molecule has 0 aliphatic rings. The van der Waals surface area contributed by atoms with Gasteiger partial charge in [-0.05, 0) is 31.6 Å². The Hall–Kier alpha value is -1.06. The van der Waals surface area contributed by atoms with Crippen LogP contribution in [0.1, 0.15) is 43.1 Å². The molecule has 1 aromatic carbocycles. The molecule has 114 valence electrons. The van der Waals surface area contributed by atoms with Crippen LogP contribution in [0.25, 0.3) is 0 Å². The molecule has 20 heavy (non-hydrogen) atoms. The third kappa shape index (κ3) is 5.14. The number of carbonyl (C=O) groups is 1. The van der Waals surface area contributed by atoms with Crippen LogP contribution >= 0.6 is 12.4 Å². The van der Waals surface area contributed by atoms with E-state index in [2.05, 4.69) is 18.7 Å². The van der Waals surface area contributed by atoms with Crippen LogP contribution in [0.15, 0.2) is 18.2 Å². The van der Waals surface area contributed by atoms with E-state index < -0.39 is 0 Å². The van der Waals surface area contributed by atoms with Crippen molar-refractivity contribution in [1.82, 2.24) is 4.90 Å². The van der Waals surface area contributed by atoms with E-state index >= 15 is 0 Å². The standard InChI is InChI=1S/C16H25NO2.ClH/c1-5-15(18)14-10-8-9-13(4)16(14)19-12-11-17(6-2)7-3;/h8-10H,5-7,11-12H2,1-4H3;1H. The van der Waals surface area contributed by atoms with Crippen molar-refractivity contribution in [2.24, 2.45) is 0 Å². The van der Waals surface area contributed by atoms with Crippen molar-refractivity contribution in [3.05, 3.63) is 29.3 Å². The maximum Gasteiger partial charge on any atom is 0.166 e. The number of carbonyl (C=O) groups excluding carboxylic acids is 1. The molecule has 0 atom stereocenters. The molecule has 0 amide bonds. The fraction of sp³-hybridized carbons (Fsp3) is 0.562. The largest absolute Gasteiger partial charge is 0.491 e. The Morgan fingerprint density at radius 1 is 1.20 bits per heavy atom. The van der Waals surface area contributed by atoms with Gasteiger partial charge in [0, 0.05) is 13.0 Å². The molecule has 0 saturated carbocycles. The third-order valence-corrected chi connectivity index (χ3v) is 3.38. The summed E-state index contributed by atoms with van der Waals surface area (Å²) >= 11 is 0. The van der Waals surface area contributed by atoms with Gasteiger partial charge in [-0.2, -0.15) is 0 Å². The summed E-state index contributed by atoms with van der Waals surface area (Å²) in [7, 11) is 0. The predicted molar refractivity (Wildman–Crippen MR) is 86.3 cm³/mol. The first-order valence-electron chi connectivity index (χ1n) is 7.11. The third-order valence-electron chi connectivity index (χ3n) is 3.38. The number of Topliss-reactive ketones (excluding diaryl/α,β-unsaturated/α-hetero) is 1. The SMILES string of the molecule is CCC(=O)c1cccc(C)c1OCCN(CC)CC.Cl. The number of para-hydroxylation sites is 1. The summed E-state index contributed by atoms with van der Waals surface area (Å²) in [5, 5.41) is 0. The number of ketones is 1. The van der Waals surface area contributed by atoms with Crippen molar-refractivity contribution in [2.75, 3.05) is 26.2 Å². The Balaban J connectivity index is 0.00000361. The number of ether oxygens (including phenoxy) is 1. The second-order valence-corrected chi connectivity index (χ2v) is 4.60. The summed E-state index contributed by atoms with van der Waals surface area (Å²) in [6.07, 6.45) is 0.510. The Labute approximate surface area is 128 Å². The molecule has 0 bridgehead atoms. The zero-order valence-corrected chi connectivity index (χ0v) is 13.8. The lowest BCUT2D eigenvalue weighted by molar-refractivity contribution is 0.0983. The highest BCUT2D eigenvalue weighted by Gasteiger charge is 2.13. The molecule has 1 rings (SSSR count). The molecule has 0 aromatic heterocycles. The summed E-state index contributed by atoms with van der Waals surface area (Å²) in [6, 6.07) is 5.75. The lowest BCUT2D eigenvalue weighted by atomic mass is 10.0. The number of aryl methyl sites for hydroxylation is 1. The number of halogens is 1. The number of rotatable bonds is 8. The number of hydrogen-bond donors (Lipinski definition) is 0. The minimum atomic E-state index is 0. The van der Waals surface area contributed by atoms with Gasteiger partial charge in [0.2, 0.25) is 0 Å². The maximum absolute atomic E-state index is 11.9. The number of likely N-dealkylation sites (N-methyl/N-ethyl adjacent to an activating group) is 1. The van der Waals surface area contributed by atoms with E-state index in [9.17, 15) is 4.79 Å². The fourth-order valence-corrected chi connectivity index (χ4v) is 2.07. The van der Waals surface area contributed by atoms with E-state index in [1.54, 1.807) is 0 Å². The van der Waals surface area contributed by atoms with Crippen LogP contribution in [0.5, 0.6) is 5.75 Å². The summed E-state index contributed by atoms with van der Waals surface area (Å²) < 4.78 is 5.86. The van der Waals surface area contributed by atoms with Gasteiger partial charge in [0.1, 0.15) is 12.4 Å². The summed E-state index contributed by atoms with van der Waals surface area (Å²) in [5.41, 5.74) is 1.74. The number of nitrogens with zero attached hydrogens (tertiary/aromatic N) is 1. The molecule has 0 aliphatic heterocycles. The van der Waals surface area contributed by atoms with E-state index in [4.69, 9.17) is 4.74 Å². The Kier molecular flexibility index (Phi) is 9.26. The van der Waals surface area contributed by atoms with Gasteiger partial charge in [-0.1, -0.05) is 32.9 Å². The van der Waals surface area contributed by atoms with Crippen molar-refractivity contribution in [1.29, 1.82) is 0 Å². The number of benzene rings is 1. The zero-order chi connectivity index (χ0) is 14.3. The second-order valence-electron chi connectivity index (χ2n) is 4.60. The van der Waals surface area contributed by atoms with Gasteiger partial charge >= 0.3 is 0 Å². The summed E-state index contributed by atoms with van der Waals surface area (Å²) in [4.78, 5) is 14.2. The van der Waals surface area contributed by atoms with Crippen molar-refractivity contribution < 1.29 is 9.53 Å². The maximum atomic E-state index is 11.9. The van der Waals surface area contributed by atoms with Gasteiger partial charge in [0.25, 0.3) is 0 Å². The molecule has 0 unspecified atom stereocenters. The fourth-order valence-electron chi connectivity index (χ4n) is 2.07. The van der Waals surface area contributed by atoms with Gasteiger partial charge in [0.15, 0.2) is 5.78 Å². The van der Waals surface area contributed by atoms with Gasteiger partial charge in [0.05, 0.1) is 5.56 Å². The molecule has 1 aromatic rings.